The summed E-state index contributed by atoms with van der Waals surface area (Å²) in [6.45, 7) is 14.6. The van der Waals surface area contributed by atoms with Crippen molar-refractivity contribution in [2.24, 2.45) is 5.41 Å². The van der Waals surface area contributed by atoms with E-state index in [0.29, 0.717) is 5.41 Å². The van der Waals surface area contributed by atoms with Gasteiger partial charge in [0.25, 0.3) is 0 Å². The summed E-state index contributed by atoms with van der Waals surface area (Å²) in [5.74, 6) is 0.993. The standard InChI is InChI=1S/C28H43NO/c1-27(2,3)23-28(4,5)25-16-18-26(19-17-25)30-21-13-8-7-12-20-29(6)22-24-14-10-9-11-15-24/h9-11,14-19H,7-8,12-13,20-23H2,1-6H3. The van der Waals surface area contributed by atoms with Crippen LogP contribution >= 0.6 is 0 Å². The quantitative estimate of drug-likeness (QED) is 0.337. The molecule has 166 valence electrons. The molecule has 0 amide bonds. The van der Waals surface area contributed by atoms with Crippen LogP contribution < -0.4 is 4.74 Å². The van der Waals surface area contributed by atoms with Gasteiger partial charge in [0.2, 0.25) is 0 Å². The fourth-order valence-corrected chi connectivity index (χ4v) is 4.43. The first-order chi connectivity index (χ1) is 14.2. The van der Waals surface area contributed by atoms with Gasteiger partial charge in [0.1, 0.15) is 5.75 Å². The number of unbranched alkanes of at least 4 members (excludes halogenated alkanes) is 3. The number of rotatable bonds is 12. The highest BCUT2D eigenvalue weighted by atomic mass is 16.5. The molecule has 0 radical (unpaired) electrons. The summed E-state index contributed by atoms with van der Waals surface area (Å²) in [7, 11) is 2.21. The summed E-state index contributed by atoms with van der Waals surface area (Å²) in [6, 6.07) is 19.5. The Morgan fingerprint density at radius 2 is 1.40 bits per heavy atom. The minimum Gasteiger partial charge on any atom is -0.494 e. The van der Waals surface area contributed by atoms with Crippen LogP contribution in [0.4, 0.5) is 0 Å². The van der Waals surface area contributed by atoms with E-state index >= 15 is 0 Å². The largest absolute Gasteiger partial charge is 0.494 e. The van der Waals surface area contributed by atoms with Crippen LogP contribution in [0.1, 0.15) is 77.8 Å². The van der Waals surface area contributed by atoms with Gasteiger partial charge < -0.3 is 9.64 Å². The molecule has 0 bridgehead atoms. The fraction of sp³-hybridized carbons (Fsp3) is 0.571. The number of hydrogen-bond donors (Lipinski definition) is 0. The van der Waals surface area contributed by atoms with E-state index in [1.807, 2.05) is 0 Å². The Labute approximate surface area is 185 Å². The third kappa shape index (κ3) is 9.34. The zero-order valence-electron chi connectivity index (χ0n) is 20.2. The summed E-state index contributed by atoms with van der Waals surface area (Å²) in [5.41, 5.74) is 3.30. The lowest BCUT2D eigenvalue weighted by molar-refractivity contribution is 0.283. The van der Waals surface area contributed by atoms with Gasteiger partial charge >= 0.3 is 0 Å². The van der Waals surface area contributed by atoms with Crippen LogP contribution in [0.5, 0.6) is 5.75 Å². The molecule has 2 nitrogen and oxygen atoms in total. The van der Waals surface area contributed by atoms with E-state index in [9.17, 15) is 0 Å². The molecule has 0 fully saturated rings. The van der Waals surface area contributed by atoms with Gasteiger partial charge in [0, 0.05) is 6.54 Å². The predicted molar refractivity (Wildman–Crippen MR) is 130 cm³/mol. The molecule has 0 unspecified atom stereocenters. The van der Waals surface area contributed by atoms with E-state index in [1.165, 1.54) is 36.8 Å². The minimum absolute atomic E-state index is 0.185. The van der Waals surface area contributed by atoms with Crippen molar-refractivity contribution in [3.8, 4) is 5.75 Å². The third-order valence-corrected chi connectivity index (χ3v) is 5.61. The van der Waals surface area contributed by atoms with Crippen molar-refractivity contribution in [2.45, 2.75) is 78.7 Å². The number of ether oxygens (including phenoxy) is 1. The Bertz CT molecular complexity index is 713. The van der Waals surface area contributed by atoms with Crippen molar-refractivity contribution < 1.29 is 4.74 Å². The summed E-state index contributed by atoms with van der Waals surface area (Å²) in [4.78, 5) is 2.41. The topological polar surface area (TPSA) is 12.5 Å². The highest BCUT2D eigenvalue weighted by molar-refractivity contribution is 5.31. The second-order valence-corrected chi connectivity index (χ2v) is 10.6. The Hall–Kier alpha value is -1.80. The Morgan fingerprint density at radius 1 is 0.767 bits per heavy atom. The van der Waals surface area contributed by atoms with Crippen LogP contribution in [0.25, 0.3) is 0 Å². The number of hydrogen-bond acceptors (Lipinski definition) is 2. The van der Waals surface area contributed by atoms with Crippen molar-refractivity contribution in [3.05, 3.63) is 65.7 Å². The van der Waals surface area contributed by atoms with Crippen LogP contribution in [0.15, 0.2) is 54.6 Å². The lowest BCUT2D eigenvalue weighted by Crippen LogP contribution is -2.24. The van der Waals surface area contributed by atoms with E-state index in [4.69, 9.17) is 4.74 Å². The van der Waals surface area contributed by atoms with Crippen LogP contribution in [-0.2, 0) is 12.0 Å². The van der Waals surface area contributed by atoms with Crippen molar-refractivity contribution in [1.82, 2.24) is 4.90 Å². The van der Waals surface area contributed by atoms with Gasteiger partial charge in [-0.3, -0.25) is 0 Å². The molecule has 2 aromatic rings. The molecule has 0 aliphatic carbocycles. The predicted octanol–water partition coefficient (Wildman–Crippen LogP) is 7.47. The summed E-state index contributed by atoms with van der Waals surface area (Å²) < 4.78 is 5.97. The third-order valence-electron chi connectivity index (χ3n) is 5.61. The maximum absolute atomic E-state index is 5.97. The van der Waals surface area contributed by atoms with Crippen LogP contribution in [0.2, 0.25) is 0 Å². The van der Waals surface area contributed by atoms with Crippen molar-refractivity contribution >= 4 is 0 Å². The molecule has 2 aromatic carbocycles. The SMILES string of the molecule is CN(CCCCCCOc1ccc(C(C)(C)CC(C)(C)C)cc1)Cc1ccccc1. The second kappa shape index (κ2) is 11.6. The monoisotopic (exact) mass is 409 g/mol. The highest BCUT2D eigenvalue weighted by Gasteiger charge is 2.27. The molecule has 0 spiro atoms. The summed E-state index contributed by atoms with van der Waals surface area (Å²) in [5, 5.41) is 0. The molecular formula is C28H43NO. The number of nitrogens with zero attached hydrogens (tertiary/aromatic N) is 1. The zero-order chi connectivity index (χ0) is 22.0. The highest BCUT2D eigenvalue weighted by Crippen LogP contribution is 2.36. The van der Waals surface area contributed by atoms with Crippen LogP contribution in [-0.4, -0.2) is 25.1 Å². The van der Waals surface area contributed by atoms with Gasteiger partial charge in [0.15, 0.2) is 0 Å². The first-order valence-electron chi connectivity index (χ1n) is 11.6. The first-order valence-corrected chi connectivity index (χ1v) is 11.6. The summed E-state index contributed by atoms with van der Waals surface area (Å²) >= 11 is 0. The molecule has 30 heavy (non-hydrogen) atoms. The van der Waals surface area contributed by atoms with E-state index < -0.39 is 0 Å². The fourth-order valence-electron chi connectivity index (χ4n) is 4.43. The molecule has 2 rings (SSSR count). The lowest BCUT2D eigenvalue weighted by Gasteiger charge is -2.33. The van der Waals surface area contributed by atoms with Crippen LogP contribution in [0, 0.1) is 5.41 Å². The molecule has 0 saturated heterocycles. The maximum atomic E-state index is 5.97. The Balaban J connectivity index is 1.59. The van der Waals surface area contributed by atoms with Crippen molar-refractivity contribution in [3.63, 3.8) is 0 Å². The van der Waals surface area contributed by atoms with Gasteiger partial charge in [-0.2, -0.15) is 0 Å². The van der Waals surface area contributed by atoms with E-state index in [-0.39, 0.29) is 5.41 Å². The van der Waals surface area contributed by atoms with E-state index in [2.05, 4.69) is 101 Å². The van der Waals surface area contributed by atoms with Gasteiger partial charge in [-0.05, 0) is 66.9 Å². The molecule has 0 aromatic heterocycles. The second-order valence-electron chi connectivity index (χ2n) is 10.6. The average Bonchev–Trinajstić information content (AvgIpc) is 2.66. The van der Waals surface area contributed by atoms with Gasteiger partial charge in [-0.1, -0.05) is 89.9 Å². The van der Waals surface area contributed by atoms with Crippen molar-refractivity contribution in [1.29, 1.82) is 0 Å². The molecule has 0 N–H and O–H groups in total. The van der Waals surface area contributed by atoms with Crippen molar-refractivity contribution in [2.75, 3.05) is 20.2 Å². The normalized spacial score (nSPS) is 12.4. The molecule has 0 aliphatic rings. The van der Waals surface area contributed by atoms with Gasteiger partial charge in [-0.25, -0.2) is 0 Å². The van der Waals surface area contributed by atoms with Gasteiger partial charge in [0.05, 0.1) is 6.61 Å². The maximum Gasteiger partial charge on any atom is 0.119 e. The molecule has 2 heteroatoms. The van der Waals surface area contributed by atoms with Crippen LogP contribution in [0.3, 0.4) is 0 Å². The lowest BCUT2D eigenvalue weighted by atomic mass is 9.72. The smallest absolute Gasteiger partial charge is 0.119 e. The first kappa shape index (κ1) is 24.5. The Kier molecular flexibility index (Phi) is 9.42. The average molecular weight is 410 g/mol. The molecule has 0 aliphatic heterocycles. The van der Waals surface area contributed by atoms with E-state index in [1.54, 1.807) is 0 Å². The molecule has 0 heterocycles. The Morgan fingerprint density at radius 3 is 2.03 bits per heavy atom. The minimum atomic E-state index is 0.185. The number of benzene rings is 2. The van der Waals surface area contributed by atoms with E-state index in [0.717, 1.165) is 31.9 Å². The molecular weight excluding hydrogens is 366 g/mol. The molecule has 0 saturated carbocycles. The molecule has 0 atom stereocenters. The summed E-state index contributed by atoms with van der Waals surface area (Å²) in [6.07, 6.45) is 6.04. The zero-order valence-corrected chi connectivity index (χ0v) is 20.2. The van der Waals surface area contributed by atoms with Gasteiger partial charge in [-0.15, -0.1) is 0 Å².